The maximum Gasteiger partial charge on any atom is 0.524 e. The van der Waals surface area contributed by atoms with Gasteiger partial charge in [-0.3, -0.25) is 10.1 Å². The van der Waals surface area contributed by atoms with Gasteiger partial charge in [0.2, 0.25) is 0 Å². The Bertz CT molecular complexity index is 782. The van der Waals surface area contributed by atoms with Crippen LogP contribution in [0.1, 0.15) is 43.6 Å². The highest BCUT2D eigenvalue weighted by Crippen LogP contribution is 2.41. The number of H-pyrrole nitrogens is 1. The average molecular weight is 467 g/mol. The van der Waals surface area contributed by atoms with Gasteiger partial charge in [-0.25, -0.2) is 9.59 Å². The topological polar surface area (TPSA) is 102 Å². The van der Waals surface area contributed by atoms with Gasteiger partial charge in [-0.1, -0.05) is 0 Å². The lowest BCUT2D eigenvalue weighted by atomic mass is 9.91. The molecule has 0 unspecified atom stereocenters. The van der Waals surface area contributed by atoms with Crippen LogP contribution in [0.25, 0.3) is 0 Å². The number of anilines is 1. The zero-order valence-corrected chi connectivity index (χ0v) is 17.9. The number of hydrogen-bond acceptors (Lipinski definition) is 7. The molecule has 1 aromatic rings. The third-order valence-corrected chi connectivity index (χ3v) is 4.64. The van der Waals surface area contributed by atoms with E-state index in [1.54, 1.807) is 13.8 Å². The first-order chi connectivity index (χ1) is 14.6. The zero-order chi connectivity index (χ0) is 23.1. The van der Waals surface area contributed by atoms with Gasteiger partial charge in [-0.2, -0.15) is 0 Å². The summed E-state index contributed by atoms with van der Waals surface area (Å²) in [6.07, 6.45) is -3.47. The Morgan fingerprint density at radius 3 is 2.48 bits per heavy atom. The maximum absolute atomic E-state index is 12.7. The van der Waals surface area contributed by atoms with Crippen molar-refractivity contribution in [1.29, 1.82) is 0 Å². The maximum atomic E-state index is 12.7. The summed E-state index contributed by atoms with van der Waals surface area (Å²) in [5.41, 5.74) is 0.308. The molecular formula is C18H24F3N3O6S. The number of thiocarbonyl (C=S) groups is 1. The summed E-state index contributed by atoms with van der Waals surface area (Å²) >= 11 is 5.24. The monoisotopic (exact) mass is 467 g/mol. The van der Waals surface area contributed by atoms with Crippen molar-refractivity contribution in [2.24, 2.45) is 0 Å². The molecule has 0 radical (unpaired) electrons. The van der Waals surface area contributed by atoms with E-state index < -0.39 is 24.2 Å². The van der Waals surface area contributed by atoms with Crippen molar-refractivity contribution in [3.8, 4) is 0 Å². The number of alkyl carbamates (subject to hydrolysis) is 1. The Kier molecular flexibility index (Phi) is 8.65. The lowest BCUT2D eigenvalue weighted by Crippen LogP contribution is -2.49. The van der Waals surface area contributed by atoms with Crippen LogP contribution in [0.3, 0.4) is 0 Å². The fourth-order valence-electron chi connectivity index (χ4n) is 2.88. The van der Waals surface area contributed by atoms with Crippen molar-refractivity contribution in [3.05, 3.63) is 18.0 Å². The molecule has 1 aliphatic carbocycles. The molecule has 2 rings (SSSR count). The van der Waals surface area contributed by atoms with E-state index in [1.807, 2.05) is 0 Å². The van der Waals surface area contributed by atoms with Gasteiger partial charge in [0, 0.05) is 25.6 Å². The number of alkyl halides is 3. The minimum Gasteiger partial charge on any atom is -0.461 e. The summed E-state index contributed by atoms with van der Waals surface area (Å²) in [6.45, 7) is 3.17. The van der Waals surface area contributed by atoms with Crippen LogP contribution in [0.5, 0.6) is 0 Å². The summed E-state index contributed by atoms with van der Waals surface area (Å²) in [5, 5.41) is 2.21. The van der Waals surface area contributed by atoms with E-state index in [0.717, 1.165) is 0 Å². The molecule has 174 valence electrons. The molecule has 13 heteroatoms. The van der Waals surface area contributed by atoms with Crippen molar-refractivity contribution in [3.63, 3.8) is 0 Å². The Labute approximate surface area is 182 Å². The number of rotatable bonds is 9. The highest BCUT2D eigenvalue weighted by molar-refractivity contribution is 7.80. The summed E-state index contributed by atoms with van der Waals surface area (Å²) < 4.78 is 57.4. The minimum absolute atomic E-state index is 0.0553. The van der Waals surface area contributed by atoms with Crippen molar-refractivity contribution >= 4 is 35.1 Å². The second-order valence-electron chi connectivity index (χ2n) is 6.42. The van der Waals surface area contributed by atoms with Crippen LogP contribution in [0.2, 0.25) is 0 Å². The SMILES string of the molecule is CCOC(=O)NC(=S)N(CCOC1(OC(F)(F)F)CCC1)c1cc[nH]c1C(=O)OCC. The summed E-state index contributed by atoms with van der Waals surface area (Å²) in [7, 11) is 0. The second kappa shape index (κ2) is 10.8. The van der Waals surface area contributed by atoms with Gasteiger partial charge in [-0.15, -0.1) is 13.2 Å². The molecule has 0 spiro atoms. The molecule has 31 heavy (non-hydrogen) atoms. The minimum atomic E-state index is -4.83. The van der Waals surface area contributed by atoms with Gasteiger partial charge >= 0.3 is 18.4 Å². The standard InChI is InChI=1S/C18H24F3N3O6S/c1-3-27-14(25)13-12(6-9-22-13)24(15(31)23-16(26)28-4-2)10-11-29-17(7-5-8-17)30-18(19,20)21/h6,9,22H,3-5,7-8,10-11H2,1-2H3,(H,23,26,31). The predicted molar refractivity (Wildman–Crippen MR) is 107 cm³/mol. The van der Waals surface area contributed by atoms with Gasteiger partial charge in [0.25, 0.3) is 0 Å². The molecule has 1 heterocycles. The third kappa shape index (κ3) is 7.08. The molecule has 0 saturated heterocycles. The van der Waals surface area contributed by atoms with Gasteiger partial charge in [0.15, 0.2) is 10.9 Å². The first-order valence-corrected chi connectivity index (χ1v) is 10.0. The molecule has 0 atom stereocenters. The zero-order valence-electron chi connectivity index (χ0n) is 17.0. The Morgan fingerprint density at radius 1 is 1.26 bits per heavy atom. The highest BCUT2D eigenvalue weighted by atomic mass is 32.1. The normalized spacial score (nSPS) is 15.0. The van der Waals surface area contributed by atoms with Crippen LogP contribution in [-0.2, 0) is 18.9 Å². The second-order valence-corrected chi connectivity index (χ2v) is 6.81. The Balaban J connectivity index is 2.15. The highest BCUT2D eigenvalue weighted by Gasteiger charge is 2.48. The van der Waals surface area contributed by atoms with E-state index in [2.05, 4.69) is 15.0 Å². The fraction of sp³-hybridized carbons (Fsp3) is 0.611. The van der Waals surface area contributed by atoms with E-state index in [9.17, 15) is 22.8 Å². The number of amides is 1. The molecule has 0 bridgehead atoms. The summed E-state index contributed by atoms with van der Waals surface area (Å²) in [6, 6.07) is 1.51. The summed E-state index contributed by atoms with van der Waals surface area (Å²) in [5.74, 6) is -2.41. The molecule has 1 aliphatic rings. The number of hydrogen-bond donors (Lipinski definition) is 2. The van der Waals surface area contributed by atoms with Gasteiger partial charge in [0.1, 0.15) is 5.69 Å². The largest absolute Gasteiger partial charge is 0.524 e. The number of nitrogens with zero attached hydrogens (tertiary/aromatic N) is 1. The Hall–Kier alpha value is -2.38. The molecule has 1 aromatic heterocycles. The first kappa shape index (κ1) is 24.9. The number of aromatic amines is 1. The molecule has 2 N–H and O–H groups in total. The van der Waals surface area contributed by atoms with Crippen molar-refractivity contribution < 1.29 is 41.7 Å². The molecule has 1 amide bonds. The van der Waals surface area contributed by atoms with E-state index in [1.165, 1.54) is 17.2 Å². The number of carbonyl (C=O) groups excluding carboxylic acids is 2. The van der Waals surface area contributed by atoms with E-state index in [4.69, 9.17) is 26.4 Å². The number of aromatic nitrogens is 1. The van der Waals surface area contributed by atoms with Crippen molar-refractivity contribution in [2.75, 3.05) is 31.3 Å². The number of halogens is 3. The van der Waals surface area contributed by atoms with Crippen LogP contribution in [0, 0.1) is 0 Å². The van der Waals surface area contributed by atoms with E-state index >= 15 is 0 Å². The molecule has 0 aliphatic heterocycles. The summed E-state index contributed by atoms with van der Waals surface area (Å²) in [4.78, 5) is 28.0. The van der Waals surface area contributed by atoms with Gasteiger partial charge in [0.05, 0.1) is 25.5 Å². The van der Waals surface area contributed by atoms with Gasteiger partial charge in [-0.05, 0) is 38.6 Å². The lowest BCUT2D eigenvalue weighted by Gasteiger charge is -2.41. The van der Waals surface area contributed by atoms with Gasteiger partial charge < -0.3 is 24.1 Å². The fourth-order valence-corrected chi connectivity index (χ4v) is 3.15. The van der Waals surface area contributed by atoms with E-state index in [-0.39, 0.29) is 55.7 Å². The third-order valence-electron chi connectivity index (χ3n) is 4.32. The van der Waals surface area contributed by atoms with Crippen LogP contribution < -0.4 is 10.2 Å². The molecular weight excluding hydrogens is 443 g/mol. The van der Waals surface area contributed by atoms with E-state index in [0.29, 0.717) is 6.42 Å². The van der Waals surface area contributed by atoms with Crippen LogP contribution in [-0.4, -0.2) is 60.7 Å². The average Bonchev–Trinajstić information content (AvgIpc) is 3.11. The van der Waals surface area contributed by atoms with Crippen LogP contribution in [0.15, 0.2) is 12.3 Å². The number of esters is 1. The number of nitrogens with one attached hydrogen (secondary N) is 2. The molecule has 1 fully saturated rings. The predicted octanol–water partition coefficient (Wildman–Crippen LogP) is 3.46. The van der Waals surface area contributed by atoms with Crippen LogP contribution in [0.4, 0.5) is 23.7 Å². The number of ether oxygens (including phenoxy) is 4. The van der Waals surface area contributed by atoms with Crippen molar-refractivity contribution in [1.82, 2.24) is 10.3 Å². The lowest BCUT2D eigenvalue weighted by molar-refractivity contribution is -0.433. The quantitative estimate of drug-likeness (QED) is 0.324. The Morgan fingerprint density at radius 2 is 1.94 bits per heavy atom. The number of carbonyl (C=O) groups is 2. The smallest absolute Gasteiger partial charge is 0.461 e. The molecule has 9 nitrogen and oxygen atoms in total. The first-order valence-electron chi connectivity index (χ1n) is 9.61. The van der Waals surface area contributed by atoms with Crippen LogP contribution >= 0.6 is 12.2 Å². The molecule has 0 aromatic carbocycles. The van der Waals surface area contributed by atoms with Crippen molar-refractivity contribution in [2.45, 2.75) is 45.3 Å². The molecule has 1 saturated carbocycles.